The third-order valence-corrected chi connectivity index (χ3v) is 5.90. The van der Waals surface area contributed by atoms with Crippen LogP contribution in [0.25, 0.3) is 10.8 Å². The van der Waals surface area contributed by atoms with Gasteiger partial charge in [-0.05, 0) is 43.1 Å². The Morgan fingerprint density at radius 1 is 1.15 bits per heavy atom. The Balaban J connectivity index is 1.52. The van der Waals surface area contributed by atoms with Gasteiger partial charge in [-0.15, -0.1) is 0 Å². The van der Waals surface area contributed by atoms with Gasteiger partial charge in [-0.25, -0.2) is 4.98 Å². The van der Waals surface area contributed by atoms with Crippen LogP contribution in [0.4, 0.5) is 5.82 Å². The highest BCUT2D eigenvalue weighted by Gasteiger charge is 2.39. The summed E-state index contributed by atoms with van der Waals surface area (Å²) in [6.07, 6.45) is 6.18. The van der Waals surface area contributed by atoms with E-state index >= 15 is 0 Å². The highest BCUT2D eigenvalue weighted by atomic mass is 16.3. The van der Waals surface area contributed by atoms with Gasteiger partial charge in [-0.2, -0.15) is 0 Å². The van der Waals surface area contributed by atoms with Crippen LogP contribution in [-0.4, -0.2) is 53.2 Å². The molecule has 4 rings (SSSR count). The standard InChI is InChI=1S/C21H27N3O2/c25-14-4-3-12-24-19-10-13-23(15-17(19)7-8-20(24)26)21-18-6-2-1-5-16(18)9-11-22-21/h1-2,5-6,9,11,17,19,25H,3-4,7-8,10,12-15H2/t17-,19+/m1/s1. The molecule has 2 atom stereocenters. The number of unbranched alkanes of at least 4 members (excludes halogenated alkanes) is 1. The number of rotatable bonds is 5. The summed E-state index contributed by atoms with van der Waals surface area (Å²) in [6, 6.07) is 10.8. The van der Waals surface area contributed by atoms with Crippen molar-refractivity contribution in [3.05, 3.63) is 36.5 Å². The summed E-state index contributed by atoms with van der Waals surface area (Å²) in [5, 5.41) is 11.5. The van der Waals surface area contributed by atoms with E-state index in [0.29, 0.717) is 24.3 Å². The molecule has 0 unspecified atom stereocenters. The summed E-state index contributed by atoms with van der Waals surface area (Å²) in [4.78, 5) is 21.6. The quantitative estimate of drug-likeness (QED) is 0.840. The van der Waals surface area contributed by atoms with Gasteiger partial charge in [0.25, 0.3) is 0 Å². The Labute approximate surface area is 154 Å². The number of aromatic nitrogens is 1. The number of aliphatic hydroxyl groups is 1. The molecule has 5 heteroatoms. The summed E-state index contributed by atoms with van der Waals surface area (Å²) < 4.78 is 0. The lowest BCUT2D eigenvalue weighted by Crippen LogP contribution is -2.56. The van der Waals surface area contributed by atoms with Crippen molar-refractivity contribution in [1.29, 1.82) is 0 Å². The van der Waals surface area contributed by atoms with E-state index in [1.165, 1.54) is 10.8 Å². The third kappa shape index (κ3) is 3.28. The number of nitrogens with zero attached hydrogens (tertiary/aromatic N) is 3. The maximum atomic E-state index is 12.4. The van der Waals surface area contributed by atoms with Gasteiger partial charge in [0.15, 0.2) is 0 Å². The molecule has 3 heterocycles. The molecule has 5 nitrogen and oxygen atoms in total. The molecular weight excluding hydrogens is 326 g/mol. The number of aliphatic hydroxyl groups excluding tert-OH is 1. The molecule has 138 valence electrons. The van der Waals surface area contributed by atoms with Crippen LogP contribution in [0.3, 0.4) is 0 Å². The molecular formula is C21H27N3O2. The van der Waals surface area contributed by atoms with Gasteiger partial charge in [0.05, 0.1) is 0 Å². The van der Waals surface area contributed by atoms with E-state index in [-0.39, 0.29) is 6.61 Å². The van der Waals surface area contributed by atoms with Crippen LogP contribution < -0.4 is 4.90 Å². The van der Waals surface area contributed by atoms with Gasteiger partial charge < -0.3 is 14.9 Å². The van der Waals surface area contributed by atoms with Crippen molar-refractivity contribution in [2.45, 2.75) is 38.1 Å². The second-order valence-corrected chi connectivity index (χ2v) is 7.47. The summed E-state index contributed by atoms with van der Waals surface area (Å²) >= 11 is 0. The van der Waals surface area contributed by atoms with E-state index in [9.17, 15) is 4.79 Å². The minimum Gasteiger partial charge on any atom is -0.396 e. The first-order chi connectivity index (χ1) is 12.8. The average molecular weight is 353 g/mol. The fourth-order valence-corrected chi connectivity index (χ4v) is 4.58. The van der Waals surface area contributed by atoms with Gasteiger partial charge in [-0.1, -0.05) is 24.3 Å². The summed E-state index contributed by atoms with van der Waals surface area (Å²) in [6.45, 7) is 2.89. The molecule has 2 aromatic rings. The van der Waals surface area contributed by atoms with Crippen LogP contribution in [0.15, 0.2) is 36.5 Å². The van der Waals surface area contributed by atoms with Gasteiger partial charge in [-0.3, -0.25) is 4.79 Å². The van der Waals surface area contributed by atoms with Crippen molar-refractivity contribution in [3.8, 4) is 0 Å². The van der Waals surface area contributed by atoms with Crippen LogP contribution >= 0.6 is 0 Å². The molecule has 0 radical (unpaired) electrons. The number of fused-ring (bicyclic) bond motifs is 2. The van der Waals surface area contributed by atoms with Crippen molar-refractivity contribution in [3.63, 3.8) is 0 Å². The molecule has 0 spiro atoms. The lowest BCUT2D eigenvalue weighted by molar-refractivity contribution is -0.139. The zero-order chi connectivity index (χ0) is 17.9. The Morgan fingerprint density at radius 3 is 2.92 bits per heavy atom. The van der Waals surface area contributed by atoms with Crippen molar-refractivity contribution in [2.24, 2.45) is 5.92 Å². The van der Waals surface area contributed by atoms with Crippen molar-refractivity contribution < 1.29 is 9.90 Å². The monoisotopic (exact) mass is 353 g/mol. The largest absolute Gasteiger partial charge is 0.396 e. The van der Waals surface area contributed by atoms with Crippen LogP contribution in [0.2, 0.25) is 0 Å². The molecule has 2 saturated heterocycles. The van der Waals surface area contributed by atoms with Crippen molar-refractivity contribution >= 4 is 22.5 Å². The number of benzene rings is 1. The second-order valence-electron chi connectivity index (χ2n) is 7.47. The number of anilines is 1. The molecule has 0 aliphatic carbocycles. The number of likely N-dealkylation sites (tertiary alicyclic amines) is 1. The predicted molar refractivity (Wildman–Crippen MR) is 103 cm³/mol. The van der Waals surface area contributed by atoms with Crippen molar-refractivity contribution in [1.82, 2.24) is 9.88 Å². The summed E-state index contributed by atoms with van der Waals surface area (Å²) in [7, 11) is 0. The van der Waals surface area contributed by atoms with Crippen molar-refractivity contribution in [2.75, 3.05) is 31.1 Å². The lowest BCUT2D eigenvalue weighted by Gasteiger charge is -2.47. The smallest absolute Gasteiger partial charge is 0.222 e. The fourth-order valence-electron chi connectivity index (χ4n) is 4.58. The van der Waals surface area contributed by atoms with Crippen LogP contribution in [-0.2, 0) is 4.79 Å². The highest BCUT2D eigenvalue weighted by Crippen LogP contribution is 2.35. The predicted octanol–water partition coefficient (Wildman–Crippen LogP) is 2.82. The van der Waals surface area contributed by atoms with E-state index in [1.54, 1.807) is 0 Å². The molecule has 1 N–H and O–H groups in total. The number of hydrogen-bond acceptors (Lipinski definition) is 4. The molecule has 26 heavy (non-hydrogen) atoms. The fraction of sp³-hybridized carbons (Fsp3) is 0.524. The topological polar surface area (TPSA) is 56.7 Å². The maximum Gasteiger partial charge on any atom is 0.222 e. The summed E-state index contributed by atoms with van der Waals surface area (Å²) in [5.74, 6) is 1.88. The van der Waals surface area contributed by atoms with Gasteiger partial charge >= 0.3 is 0 Å². The Kier molecular flexibility index (Phi) is 5.07. The molecule has 2 fully saturated rings. The minimum absolute atomic E-state index is 0.205. The van der Waals surface area contributed by atoms with E-state index in [2.05, 4.69) is 45.1 Å². The number of carbonyl (C=O) groups excluding carboxylic acids is 1. The molecule has 2 aliphatic rings. The van der Waals surface area contributed by atoms with E-state index in [0.717, 1.165) is 51.1 Å². The number of pyridine rings is 1. The lowest BCUT2D eigenvalue weighted by atomic mass is 9.83. The molecule has 1 aromatic carbocycles. The zero-order valence-corrected chi connectivity index (χ0v) is 15.2. The first kappa shape index (κ1) is 17.3. The van der Waals surface area contributed by atoms with Crippen LogP contribution in [0.1, 0.15) is 32.1 Å². The van der Waals surface area contributed by atoms with E-state index in [1.807, 2.05) is 6.20 Å². The number of amides is 1. The average Bonchev–Trinajstić information content (AvgIpc) is 2.69. The van der Waals surface area contributed by atoms with Gasteiger partial charge in [0.1, 0.15) is 5.82 Å². The molecule has 0 bridgehead atoms. The normalized spacial score (nSPS) is 23.3. The third-order valence-electron chi connectivity index (χ3n) is 5.90. The Bertz CT molecular complexity index is 773. The molecule has 2 aliphatic heterocycles. The van der Waals surface area contributed by atoms with E-state index < -0.39 is 0 Å². The second kappa shape index (κ2) is 7.62. The SMILES string of the molecule is O=C1CC[C@@H]2CN(c3nccc4ccccc34)CC[C@@H]2N1CCCCO. The number of hydrogen-bond donors (Lipinski definition) is 1. The van der Waals surface area contributed by atoms with Crippen LogP contribution in [0.5, 0.6) is 0 Å². The van der Waals surface area contributed by atoms with Gasteiger partial charge in [0, 0.05) is 50.3 Å². The zero-order valence-electron chi connectivity index (χ0n) is 15.2. The Morgan fingerprint density at radius 2 is 2.04 bits per heavy atom. The molecule has 1 amide bonds. The minimum atomic E-state index is 0.205. The van der Waals surface area contributed by atoms with Gasteiger partial charge in [0.2, 0.25) is 5.91 Å². The first-order valence-corrected chi connectivity index (χ1v) is 9.77. The van der Waals surface area contributed by atoms with E-state index in [4.69, 9.17) is 5.11 Å². The first-order valence-electron chi connectivity index (χ1n) is 9.77. The maximum absolute atomic E-state index is 12.4. The highest BCUT2D eigenvalue weighted by molar-refractivity contribution is 5.92. The number of carbonyl (C=O) groups is 1. The number of piperidine rings is 2. The Hall–Kier alpha value is -2.14. The molecule has 1 aromatic heterocycles. The van der Waals surface area contributed by atoms with Crippen LogP contribution in [0, 0.1) is 5.92 Å². The molecule has 0 saturated carbocycles. The summed E-state index contributed by atoms with van der Waals surface area (Å²) in [5.41, 5.74) is 0.